The van der Waals surface area contributed by atoms with E-state index < -0.39 is 0 Å². The third-order valence-corrected chi connectivity index (χ3v) is 5.17. The molecule has 1 aliphatic rings. The molecule has 5 N–H and O–H groups in total. The Morgan fingerprint density at radius 2 is 1.39 bits per heavy atom. The number of nitrogen functional groups attached to an aromatic ring is 2. The summed E-state index contributed by atoms with van der Waals surface area (Å²) in [6.07, 6.45) is 2.39. The topological polar surface area (TPSA) is 102 Å². The average Bonchev–Trinajstić information content (AvgIpc) is 3.16. The van der Waals surface area contributed by atoms with Crippen LogP contribution in [0.4, 0.5) is 11.4 Å². The molecule has 2 amide bonds. The highest BCUT2D eigenvalue weighted by Gasteiger charge is 2.22. The Bertz CT molecular complexity index is 1330. The Labute approximate surface area is 179 Å². The molecule has 0 spiro atoms. The van der Waals surface area contributed by atoms with Crippen LogP contribution in [-0.4, -0.2) is 11.8 Å². The molecule has 154 valence electrons. The van der Waals surface area contributed by atoms with E-state index >= 15 is 0 Å². The maximum Gasteiger partial charge on any atom is 0.250 e. The molecule has 0 atom stereocenters. The predicted molar refractivity (Wildman–Crippen MR) is 124 cm³/mol. The van der Waals surface area contributed by atoms with Crippen LogP contribution in [0.5, 0.6) is 0 Å². The Balaban J connectivity index is 0.000000282. The number of rotatable bonds is 2. The fraction of sp³-hybridized carbons (Fsp3) is 0.0800. The van der Waals surface area contributed by atoms with Crippen LogP contribution in [0.1, 0.15) is 6.92 Å². The van der Waals surface area contributed by atoms with Crippen LogP contribution in [0.25, 0.3) is 32.9 Å². The second-order valence-electron chi connectivity index (χ2n) is 7.23. The first-order valence-corrected chi connectivity index (χ1v) is 10.0. The number of aromatic nitrogens is 1. The van der Waals surface area contributed by atoms with Gasteiger partial charge in [0.1, 0.15) is 6.54 Å². The van der Waals surface area contributed by atoms with Crippen molar-refractivity contribution in [1.29, 1.82) is 0 Å². The van der Waals surface area contributed by atoms with Gasteiger partial charge in [0.05, 0.1) is 10.8 Å². The number of hydrogen-bond acceptors (Lipinski definition) is 4. The molecule has 0 bridgehead atoms. The van der Waals surface area contributed by atoms with Crippen molar-refractivity contribution in [2.45, 2.75) is 13.5 Å². The first kappa shape index (κ1) is 20.1. The first-order valence-electron chi connectivity index (χ1n) is 10.0. The molecule has 0 unspecified atom stereocenters. The van der Waals surface area contributed by atoms with Gasteiger partial charge in [-0.3, -0.25) is 14.9 Å². The molecule has 0 fully saturated rings. The molecule has 1 aliphatic heterocycles. The minimum Gasteiger partial charge on any atom is -0.399 e. The standard InChI is InChI=1S/C21H19N3.C4H3NO2/c1-2-24-20-13-16(23)9-11-18(20)17-10-8-15(22)12-19(17)21(24)14-6-4-3-5-7-14;6-3-1-2-4(7)5-3/h3-13,23H,2,22H2,1H3;1-2H,(H,5,6,7)/p+1. The van der Waals surface area contributed by atoms with Crippen molar-refractivity contribution in [3.63, 3.8) is 0 Å². The SMILES string of the molecule is CC[n+]1c(-c2ccccc2)c2cc(N)ccc2c2ccc(N)cc21.O=C1C=CC(=O)N1. The number of nitrogens with two attached hydrogens (primary N) is 2. The summed E-state index contributed by atoms with van der Waals surface area (Å²) in [7, 11) is 0. The number of hydrogen-bond donors (Lipinski definition) is 3. The van der Waals surface area contributed by atoms with Crippen LogP contribution >= 0.6 is 0 Å². The number of pyridine rings is 1. The average molecular weight is 411 g/mol. The monoisotopic (exact) mass is 411 g/mol. The van der Waals surface area contributed by atoms with E-state index in [0.29, 0.717) is 0 Å². The zero-order valence-electron chi connectivity index (χ0n) is 17.1. The summed E-state index contributed by atoms with van der Waals surface area (Å²) in [6.45, 7) is 3.02. The van der Waals surface area contributed by atoms with Gasteiger partial charge in [0.25, 0.3) is 11.8 Å². The van der Waals surface area contributed by atoms with Gasteiger partial charge >= 0.3 is 0 Å². The second kappa shape index (κ2) is 8.28. The van der Waals surface area contributed by atoms with Gasteiger partial charge in [-0.2, -0.15) is 4.57 Å². The molecular formula is C25H23N4O2+. The number of carbonyl (C=O) groups is 2. The fourth-order valence-corrected chi connectivity index (χ4v) is 3.85. The summed E-state index contributed by atoms with van der Waals surface area (Å²) < 4.78 is 2.32. The summed E-state index contributed by atoms with van der Waals surface area (Å²) in [5, 5.41) is 5.59. The Morgan fingerprint density at radius 1 is 0.774 bits per heavy atom. The molecule has 0 radical (unpaired) electrons. The van der Waals surface area contributed by atoms with Crippen molar-refractivity contribution in [2.24, 2.45) is 0 Å². The molecule has 1 aromatic heterocycles. The van der Waals surface area contributed by atoms with Crippen LogP contribution in [0, 0.1) is 0 Å². The third kappa shape index (κ3) is 3.96. The van der Waals surface area contributed by atoms with E-state index in [1.165, 1.54) is 39.6 Å². The summed E-state index contributed by atoms with van der Waals surface area (Å²) in [5.41, 5.74) is 17.2. The highest BCUT2D eigenvalue weighted by molar-refractivity contribution is 6.13. The van der Waals surface area contributed by atoms with Crippen LogP contribution < -0.4 is 21.4 Å². The second-order valence-corrected chi connectivity index (χ2v) is 7.23. The zero-order chi connectivity index (χ0) is 22.0. The number of anilines is 2. The number of amides is 2. The number of nitrogens with one attached hydrogen (secondary N) is 1. The van der Waals surface area contributed by atoms with Crippen molar-refractivity contribution in [1.82, 2.24) is 5.32 Å². The zero-order valence-corrected chi connectivity index (χ0v) is 17.1. The Hall–Kier alpha value is -4.19. The minimum absolute atomic E-state index is 0.329. The largest absolute Gasteiger partial charge is 0.399 e. The highest BCUT2D eigenvalue weighted by atomic mass is 16.2. The van der Waals surface area contributed by atoms with Crippen molar-refractivity contribution >= 4 is 44.9 Å². The van der Waals surface area contributed by atoms with Gasteiger partial charge in [0.2, 0.25) is 11.2 Å². The van der Waals surface area contributed by atoms with Gasteiger partial charge in [0.15, 0.2) is 0 Å². The van der Waals surface area contributed by atoms with Gasteiger partial charge in [-0.25, -0.2) is 0 Å². The van der Waals surface area contributed by atoms with Gasteiger partial charge in [-0.05, 0) is 43.3 Å². The lowest BCUT2D eigenvalue weighted by molar-refractivity contribution is -0.655. The molecule has 0 saturated carbocycles. The quantitative estimate of drug-likeness (QED) is 0.204. The maximum atomic E-state index is 10.0. The molecule has 0 aliphatic carbocycles. The van der Waals surface area contributed by atoms with E-state index in [-0.39, 0.29) is 11.8 Å². The van der Waals surface area contributed by atoms with E-state index in [0.717, 1.165) is 23.4 Å². The molecule has 2 heterocycles. The van der Waals surface area contributed by atoms with Gasteiger partial charge < -0.3 is 11.5 Å². The summed E-state index contributed by atoms with van der Waals surface area (Å²) in [5.74, 6) is -0.657. The lowest BCUT2D eigenvalue weighted by atomic mass is 9.98. The van der Waals surface area contributed by atoms with Crippen LogP contribution in [0.15, 0.2) is 78.9 Å². The number of aryl methyl sites for hydroxylation is 1. The third-order valence-electron chi connectivity index (χ3n) is 5.17. The van der Waals surface area contributed by atoms with Crippen LogP contribution in [0.2, 0.25) is 0 Å². The smallest absolute Gasteiger partial charge is 0.250 e. The van der Waals surface area contributed by atoms with E-state index in [2.05, 4.69) is 60.0 Å². The number of fused-ring (bicyclic) bond motifs is 3. The normalized spacial score (nSPS) is 12.7. The van der Waals surface area contributed by atoms with Gasteiger partial charge in [-0.15, -0.1) is 0 Å². The van der Waals surface area contributed by atoms with E-state index in [4.69, 9.17) is 11.5 Å². The molecule has 6 heteroatoms. The van der Waals surface area contributed by atoms with E-state index in [9.17, 15) is 9.59 Å². The van der Waals surface area contributed by atoms with Crippen LogP contribution in [-0.2, 0) is 16.1 Å². The first-order chi connectivity index (χ1) is 15.0. The van der Waals surface area contributed by atoms with Crippen molar-refractivity contribution in [3.05, 3.63) is 78.9 Å². The van der Waals surface area contributed by atoms with Crippen LogP contribution in [0.3, 0.4) is 0 Å². The predicted octanol–water partition coefficient (Wildman–Crippen LogP) is 3.33. The lowest BCUT2D eigenvalue weighted by Gasteiger charge is -2.12. The number of nitrogens with zero attached hydrogens (tertiary/aromatic N) is 1. The molecular weight excluding hydrogens is 388 g/mol. The number of benzene rings is 3. The molecule has 3 aromatic carbocycles. The summed E-state index contributed by atoms with van der Waals surface area (Å²) in [4.78, 5) is 20.1. The Kier molecular flexibility index (Phi) is 5.37. The van der Waals surface area contributed by atoms with Gasteiger partial charge in [0, 0.05) is 40.5 Å². The minimum atomic E-state index is -0.329. The fourth-order valence-electron chi connectivity index (χ4n) is 3.85. The summed E-state index contributed by atoms with van der Waals surface area (Å²) in [6, 6.07) is 22.7. The summed E-state index contributed by atoms with van der Waals surface area (Å²) >= 11 is 0. The highest BCUT2D eigenvalue weighted by Crippen LogP contribution is 2.33. The van der Waals surface area contributed by atoms with E-state index in [1.807, 2.05) is 23.5 Å². The van der Waals surface area contributed by atoms with E-state index in [1.54, 1.807) is 0 Å². The van der Waals surface area contributed by atoms with Crippen molar-refractivity contribution in [2.75, 3.05) is 11.5 Å². The molecule has 4 aromatic rings. The maximum absolute atomic E-state index is 10.0. The number of carbonyl (C=O) groups excluding carboxylic acids is 2. The molecule has 5 rings (SSSR count). The van der Waals surface area contributed by atoms with Crippen molar-refractivity contribution < 1.29 is 14.2 Å². The molecule has 31 heavy (non-hydrogen) atoms. The lowest BCUT2D eigenvalue weighted by Crippen LogP contribution is -2.36. The number of imide groups is 1. The van der Waals surface area contributed by atoms with Gasteiger partial charge in [-0.1, -0.05) is 24.3 Å². The molecule has 6 nitrogen and oxygen atoms in total. The molecule has 0 saturated heterocycles. The van der Waals surface area contributed by atoms with Crippen molar-refractivity contribution in [3.8, 4) is 11.3 Å². The Morgan fingerprint density at radius 3 is 1.97 bits per heavy atom.